The molecule has 0 saturated carbocycles. The van der Waals surface area contributed by atoms with Crippen LogP contribution in [0.3, 0.4) is 0 Å². The summed E-state index contributed by atoms with van der Waals surface area (Å²) in [5.74, 6) is -0.0816. The van der Waals surface area contributed by atoms with Crippen LogP contribution in [0.5, 0.6) is 5.75 Å². The van der Waals surface area contributed by atoms with Gasteiger partial charge in [-0.05, 0) is 22.0 Å². The largest absolute Gasteiger partial charge is 0.495 e. The Bertz CT molecular complexity index is 527. The van der Waals surface area contributed by atoms with Crippen LogP contribution in [-0.2, 0) is 0 Å². The van der Waals surface area contributed by atoms with E-state index in [0.717, 1.165) is 0 Å². The van der Waals surface area contributed by atoms with E-state index >= 15 is 0 Å². The molecule has 17 heavy (non-hydrogen) atoms. The molecule has 0 saturated heterocycles. The normalized spacial score (nSPS) is 8.76. The molecule has 0 bridgehead atoms. The Balaban J connectivity index is 3.08. The van der Waals surface area contributed by atoms with E-state index in [1.807, 2.05) is 0 Å². The zero-order chi connectivity index (χ0) is 12.8. The van der Waals surface area contributed by atoms with Gasteiger partial charge in [0, 0.05) is 12.3 Å². The van der Waals surface area contributed by atoms with E-state index < -0.39 is 5.82 Å². The number of ether oxygens (including phenoxy) is 1. The predicted octanol–water partition coefficient (Wildman–Crippen LogP) is 2.94. The third-order valence-corrected chi connectivity index (χ3v) is 2.46. The minimum absolute atomic E-state index is 0.115. The molecule has 0 spiro atoms. The quantitative estimate of drug-likeness (QED) is 0.871. The van der Waals surface area contributed by atoms with Crippen LogP contribution in [0.15, 0.2) is 28.4 Å². The van der Waals surface area contributed by atoms with Gasteiger partial charge in [-0.15, -0.1) is 0 Å². The number of hydrogen-bond donors (Lipinski definition) is 1. The number of hydrogen-bond acceptors (Lipinski definition) is 4. The molecule has 6 heteroatoms. The number of rotatable bonds is 3. The summed E-state index contributed by atoms with van der Waals surface area (Å²) < 4.78 is 18.6. The van der Waals surface area contributed by atoms with Gasteiger partial charge in [-0.2, -0.15) is 10.5 Å². The molecule has 0 aliphatic heterocycles. The Labute approximate surface area is 106 Å². The van der Waals surface area contributed by atoms with Crippen molar-refractivity contribution in [2.24, 2.45) is 0 Å². The number of halogens is 2. The van der Waals surface area contributed by atoms with Crippen molar-refractivity contribution in [1.82, 2.24) is 0 Å². The molecular weight excluding hydrogens is 289 g/mol. The van der Waals surface area contributed by atoms with Crippen molar-refractivity contribution in [3.05, 3.63) is 34.2 Å². The Morgan fingerprint density at radius 1 is 1.47 bits per heavy atom. The average molecular weight is 296 g/mol. The number of nitriles is 2. The van der Waals surface area contributed by atoms with Crippen molar-refractivity contribution in [3.63, 3.8) is 0 Å². The van der Waals surface area contributed by atoms with Crippen molar-refractivity contribution in [3.8, 4) is 17.9 Å². The summed E-state index contributed by atoms with van der Waals surface area (Å²) in [6.07, 6.45) is 1.19. The summed E-state index contributed by atoms with van der Waals surface area (Å²) in [5.41, 5.74) is 0.214. The van der Waals surface area contributed by atoms with E-state index in [9.17, 15) is 4.39 Å². The molecule has 1 aromatic carbocycles. The first-order valence-corrected chi connectivity index (χ1v) is 5.21. The van der Waals surface area contributed by atoms with Crippen molar-refractivity contribution >= 4 is 21.6 Å². The second-order valence-electron chi connectivity index (χ2n) is 2.89. The minimum Gasteiger partial charge on any atom is -0.495 e. The number of benzene rings is 1. The number of methoxy groups -OCH3 is 1. The summed E-state index contributed by atoms with van der Waals surface area (Å²) in [6, 6.07) is 6.01. The van der Waals surface area contributed by atoms with E-state index in [4.69, 9.17) is 15.3 Å². The maximum Gasteiger partial charge on any atom is 0.145 e. The van der Waals surface area contributed by atoms with Gasteiger partial charge in [-0.3, -0.25) is 0 Å². The van der Waals surface area contributed by atoms with Crippen molar-refractivity contribution in [2.45, 2.75) is 0 Å². The molecule has 1 aromatic rings. The molecule has 4 nitrogen and oxygen atoms in total. The second-order valence-corrected chi connectivity index (χ2v) is 3.75. The van der Waals surface area contributed by atoms with E-state index in [-0.39, 0.29) is 10.0 Å². The van der Waals surface area contributed by atoms with Gasteiger partial charge in [0.2, 0.25) is 0 Å². The predicted molar refractivity (Wildman–Crippen MR) is 63.6 cm³/mol. The minimum atomic E-state index is -0.475. The van der Waals surface area contributed by atoms with Gasteiger partial charge >= 0.3 is 0 Å². The van der Waals surface area contributed by atoms with Crippen LogP contribution in [0.4, 0.5) is 10.1 Å². The van der Waals surface area contributed by atoms with Gasteiger partial charge in [-0.1, -0.05) is 0 Å². The molecular formula is C11H7BrFN3O. The number of allylic oxidation sites excluding steroid dienone is 1. The molecule has 1 rings (SSSR count). The Kier molecular flexibility index (Phi) is 4.50. The molecule has 0 aliphatic carbocycles. The van der Waals surface area contributed by atoms with Crippen LogP contribution in [0.2, 0.25) is 0 Å². The monoisotopic (exact) mass is 295 g/mol. The van der Waals surface area contributed by atoms with Crippen LogP contribution in [0.25, 0.3) is 0 Å². The van der Waals surface area contributed by atoms with Crippen LogP contribution >= 0.6 is 15.9 Å². The molecule has 0 unspecified atom stereocenters. The van der Waals surface area contributed by atoms with Gasteiger partial charge in [-0.25, -0.2) is 4.39 Å². The highest BCUT2D eigenvalue weighted by Gasteiger charge is 2.08. The molecule has 0 heterocycles. The zero-order valence-corrected chi connectivity index (χ0v) is 10.4. The molecule has 1 N–H and O–H groups in total. The molecule has 0 aromatic heterocycles. The van der Waals surface area contributed by atoms with E-state index in [1.165, 1.54) is 25.4 Å². The Morgan fingerprint density at radius 3 is 2.65 bits per heavy atom. The van der Waals surface area contributed by atoms with Crippen LogP contribution in [0.1, 0.15) is 0 Å². The number of nitrogens with one attached hydrogen (secondary N) is 1. The van der Waals surface area contributed by atoms with Crippen molar-refractivity contribution in [1.29, 1.82) is 10.5 Å². The lowest BCUT2D eigenvalue weighted by Gasteiger charge is -2.09. The van der Waals surface area contributed by atoms with Gasteiger partial charge in [0.1, 0.15) is 29.3 Å². The van der Waals surface area contributed by atoms with E-state index in [0.29, 0.717) is 11.4 Å². The fraction of sp³-hybridized carbons (Fsp3) is 0.0909. The SMILES string of the molecule is COc1cc(Br)c(F)cc1NC=C(C#N)C#N. The van der Waals surface area contributed by atoms with E-state index in [2.05, 4.69) is 21.2 Å². The van der Waals surface area contributed by atoms with Crippen LogP contribution in [-0.4, -0.2) is 7.11 Å². The molecule has 0 atom stereocenters. The highest BCUT2D eigenvalue weighted by Crippen LogP contribution is 2.30. The third-order valence-electron chi connectivity index (χ3n) is 1.86. The van der Waals surface area contributed by atoms with Crippen LogP contribution in [0, 0.1) is 28.5 Å². The summed E-state index contributed by atoms with van der Waals surface area (Å²) in [7, 11) is 1.43. The van der Waals surface area contributed by atoms with Crippen molar-refractivity contribution < 1.29 is 9.13 Å². The molecule has 0 fully saturated rings. The fourth-order valence-electron chi connectivity index (χ4n) is 1.05. The summed E-state index contributed by atoms with van der Waals surface area (Å²) in [6.45, 7) is 0. The van der Waals surface area contributed by atoms with Gasteiger partial charge in [0.05, 0.1) is 17.3 Å². The summed E-state index contributed by atoms with van der Waals surface area (Å²) >= 11 is 3.03. The fourth-order valence-corrected chi connectivity index (χ4v) is 1.37. The molecule has 86 valence electrons. The van der Waals surface area contributed by atoms with Gasteiger partial charge < -0.3 is 10.1 Å². The molecule has 0 radical (unpaired) electrons. The zero-order valence-electron chi connectivity index (χ0n) is 8.79. The Hall–Kier alpha value is -2.05. The lowest BCUT2D eigenvalue weighted by Crippen LogP contribution is -1.96. The standard InChI is InChI=1S/C11H7BrFN3O/c1-17-11-2-8(12)9(13)3-10(11)16-6-7(4-14)5-15/h2-3,6,16H,1H3. The maximum atomic E-state index is 13.3. The number of anilines is 1. The number of nitrogens with zero attached hydrogens (tertiary/aromatic N) is 2. The molecule has 0 amide bonds. The smallest absolute Gasteiger partial charge is 0.145 e. The lowest BCUT2D eigenvalue weighted by atomic mass is 10.2. The molecule has 0 aliphatic rings. The summed E-state index contributed by atoms with van der Waals surface area (Å²) in [5, 5.41) is 19.7. The maximum absolute atomic E-state index is 13.3. The first-order valence-electron chi connectivity index (χ1n) is 4.42. The Morgan fingerprint density at radius 2 is 2.12 bits per heavy atom. The first-order chi connectivity index (χ1) is 8.12. The summed E-state index contributed by atoms with van der Waals surface area (Å²) in [4.78, 5) is 0. The van der Waals surface area contributed by atoms with Crippen LogP contribution < -0.4 is 10.1 Å². The lowest BCUT2D eigenvalue weighted by molar-refractivity contribution is 0.415. The first kappa shape index (κ1) is 13.0. The topological polar surface area (TPSA) is 68.8 Å². The van der Waals surface area contributed by atoms with Gasteiger partial charge in [0.15, 0.2) is 0 Å². The highest BCUT2D eigenvalue weighted by molar-refractivity contribution is 9.10. The second kappa shape index (κ2) is 5.88. The van der Waals surface area contributed by atoms with Gasteiger partial charge in [0.25, 0.3) is 0 Å². The third kappa shape index (κ3) is 3.20. The van der Waals surface area contributed by atoms with E-state index in [1.54, 1.807) is 12.1 Å². The highest BCUT2D eigenvalue weighted by atomic mass is 79.9. The van der Waals surface area contributed by atoms with Crippen molar-refractivity contribution in [2.75, 3.05) is 12.4 Å². The average Bonchev–Trinajstić information content (AvgIpc) is 2.34.